The van der Waals surface area contributed by atoms with Crippen LogP contribution in [0.25, 0.3) is 0 Å². The Kier molecular flexibility index (Phi) is 5.91. The molecule has 0 aliphatic rings. The molecular weight excluding hydrogens is 378 g/mol. The van der Waals surface area contributed by atoms with Gasteiger partial charge in [0.1, 0.15) is 5.82 Å². The van der Waals surface area contributed by atoms with Crippen LogP contribution in [0.2, 0.25) is 5.02 Å². The highest BCUT2D eigenvalue weighted by molar-refractivity contribution is 6.30. The molecule has 2 aromatic carbocycles. The number of nitrogens with zero attached hydrogens (tertiary/aromatic N) is 1. The van der Waals surface area contributed by atoms with Gasteiger partial charge >= 0.3 is 5.97 Å². The fourth-order valence-corrected chi connectivity index (χ4v) is 2.78. The molecule has 28 heavy (non-hydrogen) atoms. The second-order valence-corrected chi connectivity index (χ2v) is 6.47. The van der Waals surface area contributed by atoms with E-state index in [2.05, 4.69) is 20.4 Å². The lowest BCUT2D eigenvalue weighted by molar-refractivity contribution is 0.0600. The Morgan fingerprint density at radius 1 is 1.00 bits per heavy atom. The minimum absolute atomic E-state index is 0.253. The number of nitrogens with one attached hydrogen (secondary N) is 2. The molecule has 0 aliphatic carbocycles. The van der Waals surface area contributed by atoms with Gasteiger partial charge in [0.15, 0.2) is 0 Å². The van der Waals surface area contributed by atoms with Gasteiger partial charge in [-0.05, 0) is 67.1 Å². The molecule has 0 bridgehead atoms. The van der Waals surface area contributed by atoms with Gasteiger partial charge in [0, 0.05) is 28.2 Å². The van der Waals surface area contributed by atoms with E-state index >= 15 is 0 Å². The molecule has 0 fully saturated rings. The van der Waals surface area contributed by atoms with Crippen molar-refractivity contribution in [1.29, 1.82) is 0 Å². The SMILES string of the molecule is COC(=O)c1ccc(Nc2cc(C(=O)Nc3ccc(Cl)cc3C)ccn2)cc1. The van der Waals surface area contributed by atoms with Crippen molar-refractivity contribution in [2.24, 2.45) is 0 Å². The van der Waals surface area contributed by atoms with Crippen molar-refractivity contribution in [2.45, 2.75) is 6.92 Å². The zero-order valence-corrected chi connectivity index (χ0v) is 16.1. The Labute approximate surface area is 167 Å². The predicted molar refractivity (Wildman–Crippen MR) is 109 cm³/mol. The number of halogens is 1. The molecule has 142 valence electrons. The minimum atomic E-state index is -0.402. The third-order valence-electron chi connectivity index (χ3n) is 4.04. The Balaban J connectivity index is 1.72. The van der Waals surface area contributed by atoms with Crippen molar-refractivity contribution < 1.29 is 14.3 Å². The molecule has 1 aromatic heterocycles. The van der Waals surface area contributed by atoms with Crippen molar-refractivity contribution in [1.82, 2.24) is 4.98 Å². The summed E-state index contributed by atoms with van der Waals surface area (Å²) in [6.07, 6.45) is 1.55. The maximum atomic E-state index is 12.6. The van der Waals surface area contributed by atoms with Crippen LogP contribution >= 0.6 is 11.6 Å². The molecule has 0 saturated carbocycles. The number of carbonyl (C=O) groups is 2. The van der Waals surface area contributed by atoms with Crippen molar-refractivity contribution in [3.05, 3.63) is 82.5 Å². The van der Waals surface area contributed by atoms with Crippen molar-refractivity contribution in [3.63, 3.8) is 0 Å². The molecular formula is C21H18ClN3O3. The number of rotatable bonds is 5. The normalized spacial score (nSPS) is 10.2. The van der Waals surface area contributed by atoms with Gasteiger partial charge < -0.3 is 15.4 Å². The summed E-state index contributed by atoms with van der Waals surface area (Å²) in [6.45, 7) is 1.87. The summed E-state index contributed by atoms with van der Waals surface area (Å²) in [4.78, 5) is 28.3. The number of aromatic nitrogens is 1. The molecule has 0 aliphatic heterocycles. The van der Waals surface area contributed by atoms with Crippen molar-refractivity contribution >= 4 is 40.7 Å². The van der Waals surface area contributed by atoms with Crippen LogP contribution in [0.4, 0.5) is 17.2 Å². The average molecular weight is 396 g/mol. The number of carbonyl (C=O) groups excluding carboxylic acids is 2. The van der Waals surface area contributed by atoms with E-state index < -0.39 is 5.97 Å². The molecule has 0 spiro atoms. The molecule has 6 nitrogen and oxygen atoms in total. The highest BCUT2D eigenvalue weighted by Crippen LogP contribution is 2.21. The van der Waals surface area contributed by atoms with E-state index in [0.717, 1.165) is 11.3 Å². The van der Waals surface area contributed by atoms with Gasteiger partial charge in [-0.1, -0.05) is 11.6 Å². The van der Waals surface area contributed by atoms with E-state index in [-0.39, 0.29) is 5.91 Å². The molecule has 1 heterocycles. The molecule has 3 rings (SSSR count). The van der Waals surface area contributed by atoms with Crippen LogP contribution in [0.15, 0.2) is 60.8 Å². The molecule has 7 heteroatoms. The first-order chi connectivity index (χ1) is 13.5. The lowest BCUT2D eigenvalue weighted by atomic mass is 10.1. The average Bonchev–Trinajstić information content (AvgIpc) is 2.70. The zero-order valence-electron chi connectivity index (χ0n) is 15.3. The van der Waals surface area contributed by atoms with Gasteiger partial charge in [0.05, 0.1) is 12.7 Å². The van der Waals surface area contributed by atoms with Gasteiger partial charge in [-0.3, -0.25) is 4.79 Å². The van der Waals surface area contributed by atoms with E-state index in [9.17, 15) is 9.59 Å². The first kappa shape index (κ1) is 19.4. The lowest BCUT2D eigenvalue weighted by Gasteiger charge is -2.10. The summed E-state index contributed by atoms with van der Waals surface area (Å²) >= 11 is 5.95. The molecule has 0 unspecified atom stereocenters. The Morgan fingerprint density at radius 3 is 2.43 bits per heavy atom. The molecule has 1 amide bonds. The molecule has 0 atom stereocenters. The smallest absolute Gasteiger partial charge is 0.337 e. The van der Waals surface area contributed by atoms with Crippen LogP contribution in [0.3, 0.4) is 0 Å². The van der Waals surface area contributed by atoms with Crippen LogP contribution in [-0.2, 0) is 4.74 Å². The number of aryl methyl sites for hydroxylation is 1. The summed E-state index contributed by atoms with van der Waals surface area (Å²) < 4.78 is 4.68. The van der Waals surface area contributed by atoms with Gasteiger partial charge in [0.25, 0.3) is 5.91 Å². The summed E-state index contributed by atoms with van der Waals surface area (Å²) in [5.74, 6) is -0.149. The Bertz CT molecular complexity index is 1020. The third-order valence-corrected chi connectivity index (χ3v) is 4.27. The summed E-state index contributed by atoms with van der Waals surface area (Å²) in [5, 5.41) is 6.59. The largest absolute Gasteiger partial charge is 0.465 e. The summed E-state index contributed by atoms with van der Waals surface area (Å²) in [7, 11) is 1.33. The predicted octanol–water partition coefficient (Wildman–Crippen LogP) is 4.83. The van der Waals surface area contributed by atoms with Crippen molar-refractivity contribution in [2.75, 3.05) is 17.7 Å². The van der Waals surface area contributed by atoms with Gasteiger partial charge in [-0.25, -0.2) is 9.78 Å². The number of esters is 1. The van der Waals surface area contributed by atoms with Gasteiger partial charge in [-0.2, -0.15) is 0 Å². The highest BCUT2D eigenvalue weighted by atomic mass is 35.5. The fraction of sp³-hybridized carbons (Fsp3) is 0.0952. The Hall–Kier alpha value is -3.38. The summed E-state index contributed by atoms with van der Waals surface area (Å²) in [6, 6.07) is 15.3. The monoisotopic (exact) mass is 395 g/mol. The summed E-state index contributed by atoms with van der Waals surface area (Å²) in [5.41, 5.74) is 3.20. The first-order valence-electron chi connectivity index (χ1n) is 8.45. The fourth-order valence-electron chi connectivity index (χ4n) is 2.56. The number of hydrogen-bond donors (Lipinski definition) is 2. The maximum Gasteiger partial charge on any atom is 0.337 e. The van der Waals surface area contributed by atoms with Crippen LogP contribution in [0.1, 0.15) is 26.3 Å². The van der Waals surface area contributed by atoms with E-state index in [1.54, 1.807) is 60.8 Å². The van der Waals surface area contributed by atoms with Crippen LogP contribution < -0.4 is 10.6 Å². The quantitative estimate of drug-likeness (QED) is 0.605. The third kappa shape index (κ3) is 4.66. The number of methoxy groups -OCH3 is 1. The number of pyridine rings is 1. The highest BCUT2D eigenvalue weighted by Gasteiger charge is 2.10. The van der Waals surface area contributed by atoms with Crippen LogP contribution in [0, 0.1) is 6.92 Å². The van der Waals surface area contributed by atoms with Gasteiger partial charge in [0.2, 0.25) is 0 Å². The zero-order chi connectivity index (χ0) is 20.1. The van der Waals surface area contributed by atoms with E-state index in [4.69, 9.17) is 11.6 Å². The number of anilines is 3. The second kappa shape index (κ2) is 8.54. The van der Waals surface area contributed by atoms with E-state index in [1.165, 1.54) is 7.11 Å². The maximum absolute atomic E-state index is 12.6. The Morgan fingerprint density at radius 2 is 1.75 bits per heavy atom. The van der Waals surface area contributed by atoms with E-state index in [1.807, 2.05) is 6.92 Å². The molecule has 2 N–H and O–H groups in total. The van der Waals surface area contributed by atoms with Crippen molar-refractivity contribution in [3.8, 4) is 0 Å². The molecule has 0 radical (unpaired) electrons. The lowest BCUT2D eigenvalue weighted by Crippen LogP contribution is -2.13. The van der Waals surface area contributed by atoms with Crippen LogP contribution in [0.5, 0.6) is 0 Å². The number of ether oxygens (including phenoxy) is 1. The van der Waals surface area contributed by atoms with Gasteiger partial charge in [-0.15, -0.1) is 0 Å². The second-order valence-electron chi connectivity index (χ2n) is 6.04. The number of amides is 1. The first-order valence-corrected chi connectivity index (χ1v) is 8.83. The standard InChI is InChI=1S/C21H18ClN3O3/c1-13-11-16(22)5-8-18(13)25-20(26)15-9-10-23-19(12-15)24-17-6-3-14(4-7-17)21(27)28-2/h3-12H,1-2H3,(H,23,24)(H,25,26). The minimum Gasteiger partial charge on any atom is -0.465 e. The molecule has 0 saturated heterocycles. The number of benzene rings is 2. The topological polar surface area (TPSA) is 80.3 Å². The van der Waals surface area contributed by atoms with Crippen LogP contribution in [-0.4, -0.2) is 24.0 Å². The molecule has 3 aromatic rings. The number of hydrogen-bond acceptors (Lipinski definition) is 5. The van der Waals surface area contributed by atoms with E-state index in [0.29, 0.717) is 27.7 Å².